The molecule has 0 spiro atoms. The Morgan fingerprint density at radius 1 is 1.21 bits per heavy atom. The minimum absolute atomic E-state index is 0.118. The van der Waals surface area contributed by atoms with Gasteiger partial charge in [-0.1, -0.05) is 30.3 Å². The zero-order chi connectivity index (χ0) is 16.4. The fraction of sp³-hybridized carbons (Fsp3) is 0.650. The maximum atomic E-state index is 12.3. The Hall–Kier alpha value is -1.39. The summed E-state index contributed by atoms with van der Waals surface area (Å²) in [5.74, 6) is 1.41. The van der Waals surface area contributed by atoms with Crippen LogP contribution in [0.5, 0.6) is 0 Å². The topological polar surface area (TPSA) is 41.6 Å². The molecule has 130 valence electrons. The highest BCUT2D eigenvalue weighted by molar-refractivity contribution is 5.81. The van der Waals surface area contributed by atoms with Crippen LogP contribution in [-0.2, 0) is 16.0 Å². The van der Waals surface area contributed by atoms with E-state index < -0.39 is 0 Å². The fourth-order valence-corrected chi connectivity index (χ4v) is 3.98. The molecule has 3 aliphatic rings. The quantitative estimate of drug-likeness (QED) is 0.871. The molecule has 2 aliphatic heterocycles. The number of likely N-dealkylation sites (tertiary alicyclic amines) is 1. The minimum atomic E-state index is -0.215. The van der Waals surface area contributed by atoms with Crippen LogP contribution in [0.1, 0.15) is 31.2 Å². The van der Waals surface area contributed by atoms with Gasteiger partial charge in [-0.2, -0.15) is 0 Å². The molecule has 3 atom stereocenters. The van der Waals surface area contributed by atoms with Gasteiger partial charge < -0.3 is 15.0 Å². The first-order valence-electron chi connectivity index (χ1n) is 9.47. The van der Waals surface area contributed by atoms with Gasteiger partial charge in [0.15, 0.2) is 0 Å². The van der Waals surface area contributed by atoms with Crippen LogP contribution in [0.2, 0.25) is 0 Å². The van der Waals surface area contributed by atoms with E-state index >= 15 is 0 Å². The van der Waals surface area contributed by atoms with Crippen LogP contribution in [0.15, 0.2) is 30.3 Å². The van der Waals surface area contributed by atoms with Crippen molar-refractivity contribution in [3.8, 4) is 0 Å². The summed E-state index contributed by atoms with van der Waals surface area (Å²) < 4.78 is 6.11. The van der Waals surface area contributed by atoms with Gasteiger partial charge in [0, 0.05) is 19.6 Å². The lowest BCUT2D eigenvalue weighted by molar-refractivity contribution is -0.132. The lowest BCUT2D eigenvalue weighted by Crippen LogP contribution is -2.43. The van der Waals surface area contributed by atoms with Gasteiger partial charge in [0.25, 0.3) is 0 Å². The van der Waals surface area contributed by atoms with E-state index in [0.29, 0.717) is 5.92 Å². The third-order valence-corrected chi connectivity index (χ3v) is 5.75. The van der Waals surface area contributed by atoms with E-state index in [1.165, 1.54) is 18.4 Å². The Bertz CT molecular complexity index is 558. The minimum Gasteiger partial charge on any atom is -0.364 e. The largest absolute Gasteiger partial charge is 0.364 e. The van der Waals surface area contributed by atoms with Crippen molar-refractivity contribution in [1.29, 1.82) is 0 Å². The number of fused-ring (bicyclic) bond motifs is 1. The number of benzene rings is 1. The van der Waals surface area contributed by atoms with Crippen LogP contribution in [0.3, 0.4) is 0 Å². The Balaban J connectivity index is 1.23. The molecule has 3 fully saturated rings. The van der Waals surface area contributed by atoms with Gasteiger partial charge in [0.1, 0.15) is 6.10 Å². The number of hydrogen-bond acceptors (Lipinski definition) is 3. The first kappa shape index (κ1) is 16.1. The molecule has 1 N–H and O–H groups in total. The molecule has 2 saturated heterocycles. The zero-order valence-electron chi connectivity index (χ0n) is 14.3. The molecule has 0 radical (unpaired) electrons. The fourth-order valence-electron chi connectivity index (χ4n) is 3.98. The van der Waals surface area contributed by atoms with E-state index in [2.05, 4.69) is 40.5 Å². The highest BCUT2D eigenvalue weighted by atomic mass is 16.5. The number of nitrogens with one attached hydrogen (secondary N) is 1. The summed E-state index contributed by atoms with van der Waals surface area (Å²) in [4.78, 5) is 14.8. The summed E-state index contributed by atoms with van der Waals surface area (Å²) in [6.07, 6.45) is 5.73. The molecule has 1 aliphatic carbocycles. The summed E-state index contributed by atoms with van der Waals surface area (Å²) in [6, 6.07) is 10.7. The maximum absolute atomic E-state index is 12.3. The molecule has 0 bridgehead atoms. The van der Waals surface area contributed by atoms with Crippen molar-refractivity contribution in [3.05, 3.63) is 35.9 Å². The second kappa shape index (κ2) is 7.24. The monoisotopic (exact) mass is 328 g/mol. The number of carbonyl (C=O) groups excluding carboxylic acids is 1. The third-order valence-electron chi connectivity index (χ3n) is 5.75. The smallest absolute Gasteiger partial charge is 0.249 e. The van der Waals surface area contributed by atoms with Crippen molar-refractivity contribution in [1.82, 2.24) is 10.2 Å². The number of ether oxygens (including phenoxy) is 1. The number of nitrogens with zero attached hydrogens (tertiary/aromatic N) is 1. The SMILES string of the molecule is O=C(NCC1CC1)[C@H]1C[C@@H]2CCN(CCc3ccccc3)C[C@@H]2O1. The summed E-state index contributed by atoms with van der Waals surface area (Å²) in [5.41, 5.74) is 1.39. The Labute approximate surface area is 144 Å². The third kappa shape index (κ3) is 3.98. The zero-order valence-corrected chi connectivity index (χ0v) is 14.3. The lowest BCUT2D eigenvalue weighted by atomic mass is 9.91. The van der Waals surface area contributed by atoms with Crippen LogP contribution < -0.4 is 5.32 Å². The standard InChI is InChI=1S/C20H28N2O2/c23-20(21-13-16-6-7-16)18-12-17-9-11-22(14-19(17)24-18)10-8-15-4-2-1-3-5-15/h1-5,16-19H,6-14H2,(H,21,23)/t17-,18+,19-/m0/s1. The van der Waals surface area contributed by atoms with Crippen LogP contribution >= 0.6 is 0 Å². The predicted octanol–water partition coefficient (Wildman–Crippen LogP) is 2.23. The second-order valence-corrected chi connectivity index (χ2v) is 7.67. The van der Waals surface area contributed by atoms with E-state index in [1.807, 2.05) is 0 Å². The van der Waals surface area contributed by atoms with Crippen LogP contribution in [-0.4, -0.2) is 49.2 Å². The molecule has 0 unspecified atom stereocenters. The van der Waals surface area contributed by atoms with Crippen LogP contribution in [0.4, 0.5) is 0 Å². The molecule has 2 heterocycles. The highest BCUT2D eigenvalue weighted by Gasteiger charge is 2.41. The van der Waals surface area contributed by atoms with Crippen molar-refractivity contribution in [3.63, 3.8) is 0 Å². The normalized spacial score (nSPS) is 30.1. The molecule has 1 amide bonds. The molecular formula is C20H28N2O2. The Morgan fingerprint density at radius 3 is 2.83 bits per heavy atom. The van der Waals surface area contributed by atoms with Gasteiger partial charge in [-0.15, -0.1) is 0 Å². The van der Waals surface area contributed by atoms with Crippen molar-refractivity contribution in [2.75, 3.05) is 26.2 Å². The van der Waals surface area contributed by atoms with Gasteiger partial charge in [0.2, 0.25) is 5.91 Å². The number of hydrogen-bond donors (Lipinski definition) is 1. The van der Waals surface area contributed by atoms with Crippen LogP contribution in [0.25, 0.3) is 0 Å². The summed E-state index contributed by atoms with van der Waals surface area (Å²) >= 11 is 0. The van der Waals surface area contributed by atoms with Gasteiger partial charge in [-0.3, -0.25) is 4.79 Å². The van der Waals surface area contributed by atoms with Crippen LogP contribution in [0, 0.1) is 11.8 Å². The number of amides is 1. The molecule has 4 heteroatoms. The Morgan fingerprint density at radius 2 is 2.04 bits per heavy atom. The van der Waals surface area contributed by atoms with E-state index in [4.69, 9.17) is 4.74 Å². The molecule has 4 rings (SSSR count). The van der Waals surface area contributed by atoms with Gasteiger partial charge in [0.05, 0.1) is 6.10 Å². The summed E-state index contributed by atoms with van der Waals surface area (Å²) in [5, 5.41) is 3.08. The first-order chi connectivity index (χ1) is 11.8. The second-order valence-electron chi connectivity index (χ2n) is 7.67. The molecule has 1 aromatic rings. The van der Waals surface area contributed by atoms with E-state index in [-0.39, 0.29) is 18.1 Å². The molecule has 0 aromatic heterocycles. The van der Waals surface area contributed by atoms with E-state index in [1.54, 1.807) is 0 Å². The first-order valence-corrected chi connectivity index (χ1v) is 9.47. The van der Waals surface area contributed by atoms with Gasteiger partial charge in [-0.05, 0) is 56.0 Å². The predicted molar refractivity (Wildman–Crippen MR) is 93.7 cm³/mol. The molecule has 1 aromatic carbocycles. The van der Waals surface area contributed by atoms with E-state index in [0.717, 1.165) is 51.4 Å². The number of piperidine rings is 1. The van der Waals surface area contributed by atoms with Gasteiger partial charge >= 0.3 is 0 Å². The molecular weight excluding hydrogens is 300 g/mol. The average molecular weight is 328 g/mol. The highest BCUT2D eigenvalue weighted by Crippen LogP contribution is 2.33. The van der Waals surface area contributed by atoms with Crippen molar-refractivity contribution < 1.29 is 9.53 Å². The molecule has 4 nitrogen and oxygen atoms in total. The number of carbonyl (C=O) groups is 1. The molecule has 24 heavy (non-hydrogen) atoms. The summed E-state index contributed by atoms with van der Waals surface area (Å²) in [6.45, 7) is 4.03. The van der Waals surface area contributed by atoms with E-state index in [9.17, 15) is 4.79 Å². The van der Waals surface area contributed by atoms with Gasteiger partial charge in [-0.25, -0.2) is 0 Å². The summed E-state index contributed by atoms with van der Waals surface area (Å²) in [7, 11) is 0. The number of rotatable bonds is 6. The average Bonchev–Trinajstić information content (AvgIpc) is 3.35. The maximum Gasteiger partial charge on any atom is 0.249 e. The van der Waals surface area contributed by atoms with Crippen molar-refractivity contribution in [2.45, 2.75) is 44.3 Å². The van der Waals surface area contributed by atoms with Crippen molar-refractivity contribution in [2.24, 2.45) is 11.8 Å². The lowest BCUT2D eigenvalue weighted by Gasteiger charge is -2.34. The molecule has 1 saturated carbocycles. The van der Waals surface area contributed by atoms with Crippen molar-refractivity contribution >= 4 is 5.91 Å². The Kier molecular flexibility index (Phi) is 4.86.